The highest BCUT2D eigenvalue weighted by Crippen LogP contribution is 2.31. The summed E-state index contributed by atoms with van der Waals surface area (Å²) < 4.78 is 76.0. The number of hydrogen-bond acceptors (Lipinski definition) is 8. The number of hydrogen-bond donors (Lipinski definition) is 0. The van der Waals surface area contributed by atoms with Crippen LogP contribution in [0, 0.1) is 0 Å². The Kier molecular flexibility index (Phi) is 6.51. The second-order valence-electron chi connectivity index (χ2n) is 5.50. The second-order valence-corrected chi connectivity index (χ2v) is 7.33. The molecule has 0 atom stereocenters. The van der Waals surface area contributed by atoms with E-state index in [9.17, 15) is 26.4 Å². The highest BCUT2D eigenvalue weighted by Gasteiger charge is 2.31. The van der Waals surface area contributed by atoms with E-state index in [1.165, 1.54) is 26.4 Å². The molecule has 2 heterocycles. The van der Waals surface area contributed by atoms with Crippen molar-refractivity contribution in [3.8, 4) is 17.6 Å². The molecule has 9 nitrogen and oxygen atoms in total. The van der Waals surface area contributed by atoms with Gasteiger partial charge in [0.2, 0.25) is 27.7 Å². The van der Waals surface area contributed by atoms with Gasteiger partial charge in [-0.25, -0.2) is 13.4 Å². The van der Waals surface area contributed by atoms with Crippen molar-refractivity contribution in [3.63, 3.8) is 0 Å². The summed E-state index contributed by atoms with van der Waals surface area (Å²) >= 11 is 0. The molecule has 0 radical (unpaired) electrons. The van der Waals surface area contributed by atoms with Gasteiger partial charge >= 0.3 is 6.18 Å². The van der Waals surface area contributed by atoms with E-state index in [1.807, 2.05) is 0 Å². The van der Waals surface area contributed by atoms with Gasteiger partial charge in [0.05, 0.1) is 26.0 Å². The minimum absolute atomic E-state index is 0.124. The first-order chi connectivity index (χ1) is 13.5. The van der Waals surface area contributed by atoms with Crippen molar-refractivity contribution < 1.29 is 40.6 Å². The lowest BCUT2D eigenvalue weighted by atomic mass is 10.2. The van der Waals surface area contributed by atoms with Crippen LogP contribution in [0.25, 0.3) is 0 Å². The third-order valence-electron chi connectivity index (χ3n) is 3.32. The summed E-state index contributed by atoms with van der Waals surface area (Å²) in [6.45, 7) is -1.56. The van der Waals surface area contributed by atoms with Gasteiger partial charge in [-0.05, 0) is 12.1 Å². The van der Waals surface area contributed by atoms with Crippen LogP contribution in [-0.4, -0.2) is 57.6 Å². The van der Waals surface area contributed by atoms with Crippen molar-refractivity contribution in [2.75, 3.05) is 31.4 Å². The largest absolute Gasteiger partial charge is 0.481 e. The second kappa shape index (κ2) is 8.51. The fourth-order valence-electron chi connectivity index (χ4n) is 2.14. The first-order valence-corrected chi connectivity index (χ1v) is 9.60. The molecule has 0 fully saturated rings. The summed E-state index contributed by atoms with van der Waals surface area (Å²) in [6.07, 6.45) is -2.86. The molecule has 2 aromatic rings. The van der Waals surface area contributed by atoms with E-state index in [2.05, 4.69) is 14.7 Å². The van der Waals surface area contributed by atoms with Crippen molar-refractivity contribution in [2.24, 2.45) is 0 Å². The van der Waals surface area contributed by atoms with E-state index in [4.69, 9.17) is 9.47 Å². The zero-order valence-electron chi connectivity index (χ0n) is 15.4. The Morgan fingerprint density at radius 2 is 1.76 bits per heavy atom. The summed E-state index contributed by atoms with van der Waals surface area (Å²) in [6, 6.07) is 4.69. The van der Waals surface area contributed by atoms with Crippen LogP contribution in [0.2, 0.25) is 0 Å². The number of anilines is 1. The van der Waals surface area contributed by atoms with Gasteiger partial charge in [-0.3, -0.25) is 4.79 Å². The van der Waals surface area contributed by atoms with E-state index in [0.29, 0.717) is 4.31 Å². The van der Waals surface area contributed by atoms with Crippen LogP contribution in [-0.2, 0) is 10.0 Å². The predicted molar refractivity (Wildman–Crippen MR) is 94.8 cm³/mol. The molecule has 0 aliphatic rings. The van der Waals surface area contributed by atoms with Crippen molar-refractivity contribution in [1.82, 2.24) is 9.97 Å². The highest BCUT2D eigenvalue weighted by atomic mass is 32.2. The quantitative estimate of drug-likeness (QED) is 0.650. The van der Waals surface area contributed by atoms with Crippen LogP contribution < -0.4 is 18.5 Å². The SMILES string of the molecule is COc1ccc(N(C(=O)c2ccc(OCC(F)(F)F)nc2)S(C)(=O)=O)c(OC)n1. The fourth-order valence-corrected chi connectivity index (χ4v) is 3.04. The molecule has 158 valence electrons. The Bertz CT molecular complexity index is 980. The number of ether oxygens (including phenoxy) is 3. The lowest BCUT2D eigenvalue weighted by molar-refractivity contribution is -0.154. The number of halogens is 3. The molecule has 2 rings (SSSR count). The van der Waals surface area contributed by atoms with Gasteiger partial charge in [0.15, 0.2) is 6.61 Å². The Morgan fingerprint density at radius 1 is 1.10 bits per heavy atom. The van der Waals surface area contributed by atoms with Crippen molar-refractivity contribution in [3.05, 3.63) is 36.0 Å². The lowest BCUT2D eigenvalue weighted by Crippen LogP contribution is -2.36. The maximum absolute atomic E-state index is 12.8. The van der Waals surface area contributed by atoms with Gasteiger partial charge in [-0.15, -0.1) is 0 Å². The summed E-state index contributed by atoms with van der Waals surface area (Å²) in [5, 5.41) is 0. The molecule has 0 N–H and O–H groups in total. The number of carbonyl (C=O) groups excluding carboxylic acids is 1. The van der Waals surface area contributed by atoms with Gasteiger partial charge in [0.25, 0.3) is 5.91 Å². The van der Waals surface area contributed by atoms with Crippen molar-refractivity contribution in [2.45, 2.75) is 6.18 Å². The van der Waals surface area contributed by atoms with E-state index < -0.39 is 28.7 Å². The molecule has 2 aromatic heterocycles. The summed E-state index contributed by atoms with van der Waals surface area (Å²) in [5.41, 5.74) is -0.397. The van der Waals surface area contributed by atoms with Gasteiger partial charge in [0.1, 0.15) is 5.69 Å². The highest BCUT2D eigenvalue weighted by molar-refractivity contribution is 7.92. The Hall–Kier alpha value is -3.09. The number of sulfonamides is 1. The normalized spacial score (nSPS) is 11.7. The fraction of sp³-hybridized carbons (Fsp3) is 0.312. The molecule has 0 saturated heterocycles. The smallest absolute Gasteiger partial charge is 0.422 e. The topological polar surface area (TPSA) is 108 Å². The zero-order chi connectivity index (χ0) is 21.8. The predicted octanol–water partition coefficient (Wildman–Crippen LogP) is 2.04. The number of rotatable bonds is 7. The third kappa shape index (κ3) is 5.70. The molecule has 0 bridgehead atoms. The van der Waals surface area contributed by atoms with Gasteiger partial charge in [-0.2, -0.15) is 22.5 Å². The summed E-state index contributed by atoms with van der Waals surface area (Å²) in [4.78, 5) is 20.4. The molecule has 0 aliphatic carbocycles. The number of aromatic nitrogens is 2. The molecule has 0 aromatic carbocycles. The van der Waals surface area contributed by atoms with Crippen molar-refractivity contribution in [1.29, 1.82) is 0 Å². The summed E-state index contributed by atoms with van der Waals surface area (Å²) in [5.74, 6) is -1.47. The molecule has 29 heavy (non-hydrogen) atoms. The van der Waals surface area contributed by atoms with Gasteiger partial charge in [0, 0.05) is 18.3 Å². The number of amides is 1. The van der Waals surface area contributed by atoms with Crippen LogP contribution in [0.3, 0.4) is 0 Å². The average molecular weight is 435 g/mol. The van der Waals surface area contributed by atoms with Crippen LogP contribution >= 0.6 is 0 Å². The van der Waals surface area contributed by atoms with Crippen LogP contribution in [0.1, 0.15) is 10.4 Å². The molecule has 0 unspecified atom stereocenters. The van der Waals surface area contributed by atoms with Gasteiger partial charge < -0.3 is 14.2 Å². The number of pyridine rings is 2. The molecular weight excluding hydrogens is 419 g/mol. The minimum Gasteiger partial charge on any atom is -0.481 e. The van der Waals surface area contributed by atoms with Crippen LogP contribution in [0.5, 0.6) is 17.6 Å². The average Bonchev–Trinajstić information content (AvgIpc) is 2.65. The molecule has 1 amide bonds. The monoisotopic (exact) mass is 435 g/mol. The van der Waals surface area contributed by atoms with Gasteiger partial charge in [-0.1, -0.05) is 0 Å². The Morgan fingerprint density at radius 3 is 2.24 bits per heavy atom. The number of nitrogens with zero attached hydrogens (tertiary/aromatic N) is 3. The van der Waals surface area contributed by atoms with Crippen molar-refractivity contribution >= 4 is 21.6 Å². The van der Waals surface area contributed by atoms with E-state index >= 15 is 0 Å². The molecule has 13 heteroatoms. The first kappa shape index (κ1) is 22.2. The zero-order valence-corrected chi connectivity index (χ0v) is 16.2. The van der Waals surface area contributed by atoms with Crippen LogP contribution in [0.15, 0.2) is 30.5 Å². The lowest BCUT2D eigenvalue weighted by Gasteiger charge is -2.22. The maximum atomic E-state index is 12.8. The molecule has 0 saturated carbocycles. The van der Waals surface area contributed by atoms with Crippen LogP contribution in [0.4, 0.5) is 18.9 Å². The Balaban J connectivity index is 2.38. The standard InChI is InChI=1S/C16H16F3N3O6S/c1-26-13-7-5-11(14(21-13)27-2)22(29(3,24)25)15(23)10-4-6-12(20-8-10)28-9-16(17,18)19/h4-8H,9H2,1-3H3. The number of carbonyl (C=O) groups is 1. The minimum atomic E-state index is -4.55. The molecule has 0 aliphatic heterocycles. The first-order valence-electron chi connectivity index (χ1n) is 7.75. The van der Waals surface area contributed by atoms with E-state index in [1.54, 1.807) is 0 Å². The van der Waals surface area contributed by atoms with E-state index in [0.717, 1.165) is 24.6 Å². The molecular formula is C16H16F3N3O6S. The molecule has 0 spiro atoms. The maximum Gasteiger partial charge on any atom is 0.422 e. The van der Waals surface area contributed by atoms with E-state index in [-0.39, 0.29) is 28.9 Å². The Labute approximate surface area is 164 Å². The number of alkyl halides is 3. The summed E-state index contributed by atoms with van der Waals surface area (Å²) in [7, 11) is -1.57. The third-order valence-corrected chi connectivity index (χ3v) is 4.34. The number of methoxy groups -OCH3 is 2.